The van der Waals surface area contributed by atoms with E-state index in [0.717, 1.165) is 35.2 Å². The number of nitrogens with one attached hydrogen (secondary N) is 1. The summed E-state index contributed by atoms with van der Waals surface area (Å²) >= 11 is 5.16. The molecule has 114 valence electrons. The summed E-state index contributed by atoms with van der Waals surface area (Å²) in [6.45, 7) is 4.56. The van der Waals surface area contributed by atoms with Gasteiger partial charge in [-0.25, -0.2) is 4.39 Å². The molecular weight excluding hydrogens is 351 g/mol. The van der Waals surface area contributed by atoms with Crippen LogP contribution < -0.4 is 10.2 Å². The first-order valence-electron chi connectivity index (χ1n) is 7.02. The van der Waals surface area contributed by atoms with E-state index < -0.39 is 0 Å². The van der Waals surface area contributed by atoms with Crippen molar-refractivity contribution in [2.24, 2.45) is 0 Å². The summed E-state index contributed by atoms with van der Waals surface area (Å²) in [5, 5.41) is 5.37. The van der Waals surface area contributed by atoms with E-state index in [1.807, 2.05) is 13.1 Å². The molecule has 1 aromatic heterocycles. The Morgan fingerprint density at radius 3 is 2.76 bits per heavy atom. The van der Waals surface area contributed by atoms with E-state index in [1.165, 1.54) is 4.88 Å². The van der Waals surface area contributed by atoms with E-state index in [0.29, 0.717) is 6.54 Å². The van der Waals surface area contributed by atoms with Gasteiger partial charge in [0.15, 0.2) is 0 Å². The first-order valence-corrected chi connectivity index (χ1v) is 8.70. The topological polar surface area (TPSA) is 15.3 Å². The van der Waals surface area contributed by atoms with Gasteiger partial charge in [0.2, 0.25) is 0 Å². The monoisotopic (exact) mass is 370 g/mol. The predicted octanol–water partition coefficient (Wildman–Crippen LogP) is 4.79. The summed E-state index contributed by atoms with van der Waals surface area (Å²) in [5.74, 6) is -0.181. The van der Waals surface area contributed by atoms with Gasteiger partial charge in [0.05, 0.1) is 6.54 Å². The maximum Gasteiger partial charge on any atom is 0.125 e. The van der Waals surface area contributed by atoms with Crippen LogP contribution in [0.5, 0.6) is 0 Å². The van der Waals surface area contributed by atoms with Gasteiger partial charge in [0, 0.05) is 34.0 Å². The molecular formula is C16H20BrFN2S. The number of hydrogen-bond donors (Lipinski definition) is 1. The Labute approximate surface area is 138 Å². The molecule has 0 fully saturated rings. The SMILES string of the molecule is CCCNCc1cc(F)cc(N(C)Cc2cc(Br)cs2)c1. The van der Waals surface area contributed by atoms with E-state index in [2.05, 4.69) is 44.5 Å². The zero-order valence-electron chi connectivity index (χ0n) is 12.3. The highest BCUT2D eigenvalue weighted by Gasteiger charge is 2.07. The standard InChI is InChI=1S/C16H20BrFN2S/c1-3-4-19-9-12-5-14(18)8-15(6-12)20(2)10-16-7-13(17)11-21-16/h5-8,11,19H,3-4,9-10H2,1-2H3. The molecule has 21 heavy (non-hydrogen) atoms. The fraction of sp³-hybridized carbons (Fsp3) is 0.375. The molecule has 0 bridgehead atoms. The number of benzene rings is 1. The Morgan fingerprint density at radius 1 is 1.29 bits per heavy atom. The van der Waals surface area contributed by atoms with Crippen molar-refractivity contribution in [3.8, 4) is 0 Å². The molecule has 2 aromatic rings. The van der Waals surface area contributed by atoms with Gasteiger partial charge in [-0.3, -0.25) is 0 Å². The van der Waals surface area contributed by atoms with Crippen molar-refractivity contribution in [3.63, 3.8) is 0 Å². The third-order valence-corrected chi connectivity index (χ3v) is 4.84. The molecule has 5 heteroatoms. The van der Waals surface area contributed by atoms with Crippen molar-refractivity contribution < 1.29 is 4.39 Å². The van der Waals surface area contributed by atoms with Crippen LogP contribution in [0.25, 0.3) is 0 Å². The minimum Gasteiger partial charge on any atom is -0.369 e. The number of nitrogens with zero attached hydrogens (tertiary/aromatic N) is 1. The van der Waals surface area contributed by atoms with Crippen molar-refractivity contribution in [1.82, 2.24) is 5.32 Å². The highest BCUT2D eigenvalue weighted by molar-refractivity contribution is 9.10. The molecule has 1 aromatic carbocycles. The van der Waals surface area contributed by atoms with Gasteiger partial charge in [-0.15, -0.1) is 11.3 Å². The van der Waals surface area contributed by atoms with Gasteiger partial charge >= 0.3 is 0 Å². The maximum atomic E-state index is 13.8. The number of anilines is 1. The van der Waals surface area contributed by atoms with Crippen LogP contribution in [0.1, 0.15) is 23.8 Å². The predicted molar refractivity (Wildman–Crippen MR) is 92.5 cm³/mol. The Bertz CT molecular complexity index is 585. The molecule has 0 saturated carbocycles. The van der Waals surface area contributed by atoms with Crippen molar-refractivity contribution >= 4 is 33.0 Å². The molecule has 0 atom stereocenters. The lowest BCUT2D eigenvalue weighted by Gasteiger charge is -2.19. The summed E-state index contributed by atoms with van der Waals surface area (Å²) in [4.78, 5) is 3.32. The van der Waals surface area contributed by atoms with Gasteiger partial charge in [-0.05, 0) is 58.7 Å². The van der Waals surface area contributed by atoms with E-state index in [4.69, 9.17) is 0 Å². The van der Waals surface area contributed by atoms with Crippen LogP contribution in [0, 0.1) is 5.82 Å². The second-order valence-electron chi connectivity index (χ2n) is 5.08. The highest BCUT2D eigenvalue weighted by Crippen LogP contribution is 2.24. The fourth-order valence-corrected chi connectivity index (χ4v) is 3.63. The molecule has 0 saturated heterocycles. The van der Waals surface area contributed by atoms with Gasteiger partial charge in [0.1, 0.15) is 5.82 Å². The van der Waals surface area contributed by atoms with E-state index in [9.17, 15) is 4.39 Å². The quantitative estimate of drug-likeness (QED) is 0.705. The van der Waals surface area contributed by atoms with Crippen molar-refractivity contribution in [2.75, 3.05) is 18.5 Å². The number of halogens is 2. The number of thiophene rings is 1. The molecule has 0 aliphatic heterocycles. The summed E-state index contributed by atoms with van der Waals surface area (Å²) in [6, 6.07) is 7.34. The third-order valence-electron chi connectivity index (χ3n) is 3.15. The van der Waals surface area contributed by atoms with Gasteiger partial charge < -0.3 is 10.2 Å². The number of hydrogen-bond acceptors (Lipinski definition) is 3. The van der Waals surface area contributed by atoms with Crippen molar-refractivity contribution in [2.45, 2.75) is 26.4 Å². The molecule has 0 amide bonds. The summed E-state index contributed by atoms with van der Waals surface area (Å²) in [5.41, 5.74) is 1.89. The Morgan fingerprint density at radius 2 is 2.10 bits per heavy atom. The number of rotatable bonds is 7. The Hall–Kier alpha value is -0.910. The first kappa shape index (κ1) is 16.5. The minimum atomic E-state index is -0.181. The summed E-state index contributed by atoms with van der Waals surface area (Å²) < 4.78 is 14.9. The lowest BCUT2D eigenvalue weighted by Crippen LogP contribution is -2.17. The largest absolute Gasteiger partial charge is 0.369 e. The van der Waals surface area contributed by atoms with Crippen LogP contribution in [-0.2, 0) is 13.1 Å². The summed E-state index contributed by atoms with van der Waals surface area (Å²) in [7, 11) is 1.99. The molecule has 1 N–H and O–H groups in total. The van der Waals surface area contributed by atoms with E-state index >= 15 is 0 Å². The van der Waals surface area contributed by atoms with Crippen LogP contribution in [0.3, 0.4) is 0 Å². The smallest absolute Gasteiger partial charge is 0.125 e. The maximum absolute atomic E-state index is 13.8. The van der Waals surface area contributed by atoms with Crippen molar-refractivity contribution in [1.29, 1.82) is 0 Å². The molecule has 0 radical (unpaired) electrons. The molecule has 0 spiro atoms. The average molecular weight is 371 g/mol. The fourth-order valence-electron chi connectivity index (χ4n) is 2.13. The molecule has 0 aliphatic rings. The van der Waals surface area contributed by atoms with Gasteiger partial charge in [-0.1, -0.05) is 6.92 Å². The van der Waals surface area contributed by atoms with Crippen LogP contribution in [0.15, 0.2) is 34.1 Å². The van der Waals surface area contributed by atoms with E-state index in [-0.39, 0.29) is 5.82 Å². The molecule has 2 rings (SSSR count). The second kappa shape index (κ2) is 7.92. The molecule has 0 unspecified atom stereocenters. The van der Waals surface area contributed by atoms with Crippen LogP contribution >= 0.6 is 27.3 Å². The van der Waals surface area contributed by atoms with Crippen molar-refractivity contribution in [3.05, 3.63) is 50.4 Å². The van der Waals surface area contributed by atoms with Gasteiger partial charge in [-0.2, -0.15) is 0 Å². The van der Waals surface area contributed by atoms with Crippen LogP contribution in [0.4, 0.5) is 10.1 Å². The minimum absolute atomic E-state index is 0.181. The Balaban J connectivity index is 2.07. The van der Waals surface area contributed by atoms with E-state index in [1.54, 1.807) is 23.5 Å². The molecule has 1 heterocycles. The highest BCUT2D eigenvalue weighted by atomic mass is 79.9. The second-order valence-corrected chi connectivity index (χ2v) is 6.99. The van der Waals surface area contributed by atoms with Crippen LogP contribution in [-0.4, -0.2) is 13.6 Å². The Kier molecular flexibility index (Phi) is 6.21. The normalized spacial score (nSPS) is 10.9. The molecule has 0 aliphatic carbocycles. The first-order chi connectivity index (χ1) is 10.1. The lowest BCUT2D eigenvalue weighted by atomic mass is 10.1. The lowest BCUT2D eigenvalue weighted by molar-refractivity contribution is 0.618. The summed E-state index contributed by atoms with van der Waals surface area (Å²) in [6.07, 6.45) is 1.08. The third kappa shape index (κ3) is 5.09. The average Bonchev–Trinajstić information content (AvgIpc) is 2.84. The van der Waals surface area contributed by atoms with Crippen LogP contribution in [0.2, 0.25) is 0 Å². The van der Waals surface area contributed by atoms with Gasteiger partial charge in [0.25, 0.3) is 0 Å². The zero-order valence-corrected chi connectivity index (χ0v) is 14.7. The zero-order chi connectivity index (χ0) is 15.2. The molecule has 2 nitrogen and oxygen atoms in total.